The van der Waals surface area contributed by atoms with E-state index in [0.717, 1.165) is 36.0 Å². The summed E-state index contributed by atoms with van der Waals surface area (Å²) in [4.78, 5) is 17.6. The number of amides is 1. The second-order valence-electron chi connectivity index (χ2n) is 5.00. The highest BCUT2D eigenvalue weighted by molar-refractivity contribution is 6.06. The van der Waals surface area contributed by atoms with Gasteiger partial charge in [-0.15, -0.1) is 0 Å². The van der Waals surface area contributed by atoms with Crippen molar-refractivity contribution in [2.45, 2.75) is 18.6 Å². The number of nitrogens with zero attached hydrogens (tertiary/aromatic N) is 1. The number of fused-ring (bicyclic) bond motifs is 2. The summed E-state index contributed by atoms with van der Waals surface area (Å²) in [7, 11) is 0. The van der Waals surface area contributed by atoms with E-state index in [1.54, 1.807) is 0 Å². The Bertz CT molecular complexity index is 619. The van der Waals surface area contributed by atoms with Crippen LogP contribution in [0.2, 0.25) is 0 Å². The average molecular weight is 242 g/mol. The normalized spacial score (nSPS) is 26.1. The second-order valence-corrected chi connectivity index (χ2v) is 5.00. The molecule has 0 saturated carbocycles. The molecule has 2 aliphatic heterocycles. The van der Waals surface area contributed by atoms with E-state index in [4.69, 9.17) is 4.74 Å². The number of benzene rings is 1. The Morgan fingerprint density at radius 2 is 2.28 bits per heavy atom. The van der Waals surface area contributed by atoms with Gasteiger partial charge in [0.15, 0.2) is 0 Å². The molecule has 0 spiro atoms. The Kier molecular flexibility index (Phi) is 2.02. The van der Waals surface area contributed by atoms with E-state index in [0.29, 0.717) is 6.10 Å². The number of epoxide rings is 1. The Hall–Kier alpha value is -1.81. The highest BCUT2D eigenvalue weighted by atomic mass is 16.6. The van der Waals surface area contributed by atoms with Crippen LogP contribution < -0.4 is 0 Å². The Morgan fingerprint density at radius 3 is 3.17 bits per heavy atom. The van der Waals surface area contributed by atoms with Crippen molar-refractivity contribution in [3.05, 3.63) is 36.0 Å². The van der Waals surface area contributed by atoms with Crippen molar-refractivity contribution in [2.24, 2.45) is 0 Å². The average Bonchev–Trinajstić information content (AvgIpc) is 3.02. The summed E-state index contributed by atoms with van der Waals surface area (Å²) in [6.07, 6.45) is 3.54. The molecule has 4 rings (SSSR count). The van der Waals surface area contributed by atoms with Gasteiger partial charge in [0, 0.05) is 35.8 Å². The molecule has 1 amide bonds. The predicted molar refractivity (Wildman–Crippen MR) is 67.5 cm³/mol. The van der Waals surface area contributed by atoms with Gasteiger partial charge in [0.1, 0.15) is 6.10 Å². The number of H-pyrrole nitrogens is 1. The highest BCUT2D eigenvalue weighted by Gasteiger charge is 2.44. The molecule has 2 fully saturated rings. The van der Waals surface area contributed by atoms with Gasteiger partial charge in [-0.05, 0) is 24.6 Å². The number of piperidine rings is 1. The summed E-state index contributed by atoms with van der Waals surface area (Å²) in [6, 6.07) is 7.77. The van der Waals surface area contributed by atoms with E-state index in [1.807, 2.05) is 35.4 Å². The number of ether oxygens (including phenoxy) is 1. The number of nitrogens with one attached hydrogen (secondary N) is 1. The molecule has 0 aliphatic carbocycles. The van der Waals surface area contributed by atoms with Gasteiger partial charge in [-0.1, -0.05) is 6.07 Å². The summed E-state index contributed by atoms with van der Waals surface area (Å²) >= 11 is 0. The van der Waals surface area contributed by atoms with Crippen LogP contribution in [0.4, 0.5) is 0 Å². The summed E-state index contributed by atoms with van der Waals surface area (Å²) in [6.45, 7) is 1.55. The molecular formula is C14H14N2O2. The fraction of sp³-hybridized carbons (Fsp3) is 0.357. The number of aromatic nitrogens is 1. The lowest BCUT2D eigenvalue weighted by atomic mass is 10.1. The lowest BCUT2D eigenvalue weighted by Gasteiger charge is -2.24. The quantitative estimate of drug-likeness (QED) is 0.775. The SMILES string of the molecule is O=C(c1cccc2[nH]ccc12)N1CC[C@H]2O[C@H]2C1. The van der Waals surface area contributed by atoms with Crippen LogP contribution in [0.25, 0.3) is 10.9 Å². The standard InChI is InChI=1S/C14H14N2O2/c17-14(16-7-5-12-13(8-16)18-12)10-2-1-3-11-9(10)4-6-15-11/h1-4,6,12-13,15H,5,7-8H2/t12-,13+/m1/s1. The van der Waals surface area contributed by atoms with Gasteiger partial charge in [0.05, 0.1) is 6.10 Å². The van der Waals surface area contributed by atoms with Gasteiger partial charge >= 0.3 is 0 Å². The summed E-state index contributed by atoms with van der Waals surface area (Å²) in [5.74, 6) is 0.120. The minimum Gasteiger partial charge on any atom is -0.368 e. The van der Waals surface area contributed by atoms with Crippen molar-refractivity contribution in [3.63, 3.8) is 0 Å². The zero-order chi connectivity index (χ0) is 12.1. The number of hydrogen-bond acceptors (Lipinski definition) is 2. The van der Waals surface area contributed by atoms with Crippen LogP contribution in [-0.2, 0) is 4.74 Å². The Balaban J connectivity index is 1.69. The first kappa shape index (κ1) is 10.1. The minimum absolute atomic E-state index is 0.120. The smallest absolute Gasteiger partial charge is 0.254 e. The van der Waals surface area contributed by atoms with Crippen LogP contribution in [0.3, 0.4) is 0 Å². The van der Waals surface area contributed by atoms with Crippen molar-refractivity contribution in [1.29, 1.82) is 0 Å². The van der Waals surface area contributed by atoms with E-state index in [-0.39, 0.29) is 12.0 Å². The molecule has 1 aromatic heterocycles. The van der Waals surface area contributed by atoms with E-state index in [1.165, 1.54) is 0 Å². The Labute approximate surface area is 105 Å². The highest BCUT2D eigenvalue weighted by Crippen LogP contribution is 2.31. The molecule has 4 nitrogen and oxygen atoms in total. The third kappa shape index (κ3) is 1.46. The van der Waals surface area contributed by atoms with Gasteiger partial charge in [-0.3, -0.25) is 4.79 Å². The van der Waals surface area contributed by atoms with Crippen LogP contribution >= 0.6 is 0 Å². The molecule has 2 aliphatic rings. The first-order valence-electron chi connectivity index (χ1n) is 6.34. The number of carbonyl (C=O) groups is 1. The molecule has 2 atom stereocenters. The number of hydrogen-bond donors (Lipinski definition) is 1. The van der Waals surface area contributed by atoms with Crippen molar-refractivity contribution in [3.8, 4) is 0 Å². The first-order chi connectivity index (χ1) is 8.83. The lowest BCUT2D eigenvalue weighted by molar-refractivity contribution is 0.0738. The maximum Gasteiger partial charge on any atom is 0.254 e. The molecule has 0 unspecified atom stereocenters. The molecule has 18 heavy (non-hydrogen) atoms. The summed E-state index contributed by atoms with van der Waals surface area (Å²) < 4.78 is 5.47. The lowest BCUT2D eigenvalue weighted by Crippen LogP contribution is -2.39. The zero-order valence-corrected chi connectivity index (χ0v) is 9.93. The molecule has 1 N–H and O–H groups in total. The fourth-order valence-electron chi connectivity index (χ4n) is 2.81. The number of aromatic amines is 1. The number of rotatable bonds is 1. The van der Waals surface area contributed by atoms with Crippen LogP contribution in [0.1, 0.15) is 16.8 Å². The third-order valence-corrected chi connectivity index (χ3v) is 3.88. The largest absolute Gasteiger partial charge is 0.368 e. The van der Waals surface area contributed by atoms with Gasteiger partial charge < -0.3 is 14.6 Å². The molecule has 0 radical (unpaired) electrons. The topological polar surface area (TPSA) is 48.6 Å². The van der Waals surface area contributed by atoms with Gasteiger partial charge in [0.2, 0.25) is 0 Å². The molecular weight excluding hydrogens is 228 g/mol. The van der Waals surface area contributed by atoms with Gasteiger partial charge in [0.25, 0.3) is 5.91 Å². The van der Waals surface area contributed by atoms with E-state index >= 15 is 0 Å². The van der Waals surface area contributed by atoms with E-state index < -0.39 is 0 Å². The summed E-state index contributed by atoms with van der Waals surface area (Å²) in [5.41, 5.74) is 1.80. The van der Waals surface area contributed by atoms with Gasteiger partial charge in [-0.2, -0.15) is 0 Å². The van der Waals surface area contributed by atoms with Crippen molar-refractivity contribution < 1.29 is 9.53 Å². The molecule has 2 saturated heterocycles. The maximum absolute atomic E-state index is 12.5. The predicted octanol–water partition coefficient (Wildman–Crippen LogP) is 1.78. The molecule has 0 bridgehead atoms. The molecule has 1 aromatic carbocycles. The maximum atomic E-state index is 12.5. The van der Waals surface area contributed by atoms with Crippen molar-refractivity contribution >= 4 is 16.8 Å². The number of carbonyl (C=O) groups excluding carboxylic acids is 1. The van der Waals surface area contributed by atoms with E-state index in [9.17, 15) is 4.79 Å². The van der Waals surface area contributed by atoms with Crippen LogP contribution in [0.5, 0.6) is 0 Å². The zero-order valence-electron chi connectivity index (χ0n) is 9.93. The monoisotopic (exact) mass is 242 g/mol. The van der Waals surface area contributed by atoms with Crippen LogP contribution in [-0.4, -0.2) is 41.1 Å². The van der Waals surface area contributed by atoms with Crippen LogP contribution in [0.15, 0.2) is 30.5 Å². The Morgan fingerprint density at radius 1 is 1.33 bits per heavy atom. The third-order valence-electron chi connectivity index (χ3n) is 3.88. The molecule has 3 heterocycles. The van der Waals surface area contributed by atoms with Crippen LogP contribution in [0, 0.1) is 0 Å². The van der Waals surface area contributed by atoms with Gasteiger partial charge in [-0.25, -0.2) is 0 Å². The summed E-state index contributed by atoms with van der Waals surface area (Å²) in [5, 5.41) is 1.00. The van der Waals surface area contributed by atoms with Crippen molar-refractivity contribution in [2.75, 3.05) is 13.1 Å². The molecule has 4 heteroatoms. The number of likely N-dealkylation sites (tertiary alicyclic amines) is 1. The second kappa shape index (κ2) is 3.59. The van der Waals surface area contributed by atoms with Crippen molar-refractivity contribution in [1.82, 2.24) is 9.88 Å². The first-order valence-corrected chi connectivity index (χ1v) is 6.34. The minimum atomic E-state index is 0.120. The molecule has 92 valence electrons. The molecule has 2 aromatic rings. The van der Waals surface area contributed by atoms with E-state index in [2.05, 4.69) is 4.98 Å². The fourth-order valence-corrected chi connectivity index (χ4v) is 2.81.